The number of hydrogen-bond acceptors (Lipinski definition) is 0. The minimum atomic E-state index is 0. The van der Waals surface area contributed by atoms with Crippen LogP contribution in [0.25, 0.3) is 0 Å². The smallest absolute Gasteiger partial charge is 0 e. The Hall–Kier alpha value is 2.57. The molecule has 0 spiro atoms. The molecule has 0 fully saturated rings. The normalized spacial score (nSPS) is 0. The Balaban J connectivity index is 0. The maximum Gasteiger partial charge on any atom is 0 e. The van der Waals surface area contributed by atoms with Crippen molar-refractivity contribution in [1.29, 1.82) is 0 Å². The fourth-order valence-electron chi connectivity index (χ4n) is 0. The standard InChI is InChI=1S/Au.B.Cr.Fe.Ni.Si. The van der Waals surface area contributed by atoms with E-state index in [1.165, 1.54) is 0 Å². The van der Waals surface area contributed by atoms with Crippen LogP contribution in [0.4, 0.5) is 0 Å². The van der Waals surface area contributed by atoms with E-state index in [0.717, 1.165) is 0 Å². The van der Waals surface area contributed by atoms with E-state index in [9.17, 15) is 0 Å². The molecule has 0 aliphatic heterocycles. The largest absolute Gasteiger partial charge is 0 e. The average Bonchev–Trinajstić information content (AvgIpc) is 0. The summed E-state index contributed by atoms with van der Waals surface area (Å²) < 4.78 is 0. The van der Waals surface area contributed by atoms with E-state index >= 15 is 0 Å². The van der Waals surface area contributed by atoms with Gasteiger partial charge in [-0.3, -0.25) is 0 Å². The third-order valence-corrected chi connectivity index (χ3v) is 0. The van der Waals surface area contributed by atoms with Gasteiger partial charge in [0.15, 0.2) is 0 Å². The zero-order chi connectivity index (χ0) is 0. The monoisotopic (exact) mass is 402 g/mol. The first kappa shape index (κ1) is 74.4. The molecule has 42 valence electrons. The summed E-state index contributed by atoms with van der Waals surface area (Å²) in [5.41, 5.74) is 0. The van der Waals surface area contributed by atoms with Crippen LogP contribution in [0, 0.1) is 0 Å². The Morgan fingerprint density at radius 1 is 1.00 bits per heavy atom. The Kier molecular flexibility index (Phi) is 614. The molecule has 0 atom stereocenters. The average molecular weight is 402 g/mol. The molecule has 0 rings (SSSR count). The van der Waals surface area contributed by atoms with Crippen LogP contribution in [-0.2, 0) is 73.3 Å². The van der Waals surface area contributed by atoms with Gasteiger partial charge in [-0.1, -0.05) is 0 Å². The Bertz CT molecular complexity index is 15.5. The predicted molar refractivity (Wildman–Crippen MR) is 11.5 cm³/mol. The first-order chi connectivity index (χ1) is 0. The van der Waals surface area contributed by atoms with E-state index in [4.69, 9.17) is 0 Å². The van der Waals surface area contributed by atoms with Crippen molar-refractivity contribution < 1.29 is 73.3 Å². The SMILES string of the molecule is [Au].[B].[Cr].[Fe].[Ni].[Si]. The summed E-state index contributed by atoms with van der Waals surface area (Å²) in [5, 5.41) is 0. The molecule has 0 aliphatic rings. The fourth-order valence-corrected chi connectivity index (χ4v) is 0. The molecule has 0 nitrogen and oxygen atoms in total. The predicted octanol–water partition coefficient (Wildman–Crippen LogP) is -0.772. The van der Waals surface area contributed by atoms with Crippen LogP contribution >= 0.6 is 0 Å². The number of hydrogen-bond donors (Lipinski definition) is 0. The molecule has 0 saturated carbocycles. The van der Waals surface area contributed by atoms with Gasteiger partial charge >= 0.3 is 0 Å². The van der Waals surface area contributed by atoms with Gasteiger partial charge in [0.2, 0.25) is 0 Å². The first-order valence-electron chi connectivity index (χ1n) is 0. The molecular weight excluding hydrogens is 402 g/mol. The summed E-state index contributed by atoms with van der Waals surface area (Å²) in [6.07, 6.45) is 0. The summed E-state index contributed by atoms with van der Waals surface area (Å²) in [7, 11) is 0. The van der Waals surface area contributed by atoms with Gasteiger partial charge in [-0.15, -0.1) is 0 Å². The molecule has 0 amide bonds. The molecule has 8 radical (unpaired) electrons. The van der Waals surface area contributed by atoms with Crippen LogP contribution in [0.15, 0.2) is 0 Å². The van der Waals surface area contributed by atoms with Crippen molar-refractivity contribution >= 4 is 19.4 Å². The van der Waals surface area contributed by atoms with Gasteiger partial charge in [0.1, 0.15) is 0 Å². The molecule has 0 aromatic heterocycles. The third kappa shape index (κ3) is 30.9. The summed E-state index contributed by atoms with van der Waals surface area (Å²) in [5.74, 6) is 0. The van der Waals surface area contributed by atoms with Crippen LogP contribution in [0.3, 0.4) is 0 Å². The van der Waals surface area contributed by atoms with Crippen molar-refractivity contribution in [2.45, 2.75) is 0 Å². The Morgan fingerprint density at radius 3 is 1.00 bits per heavy atom. The first-order valence-corrected chi connectivity index (χ1v) is 0. The second-order valence-electron chi connectivity index (χ2n) is 0. The molecule has 0 aromatic carbocycles. The van der Waals surface area contributed by atoms with Crippen LogP contribution in [0.2, 0.25) is 0 Å². The van der Waals surface area contributed by atoms with Gasteiger partial charge in [-0.25, -0.2) is 0 Å². The van der Waals surface area contributed by atoms with Crippen LogP contribution in [-0.4, -0.2) is 19.4 Å². The van der Waals surface area contributed by atoms with Crippen LogP contribution < -0.4 is 0 Å². The van der Waals surface area contributed by atoms with E-state index in [0.29, 0.717) is 0 Å². The summed E-state index contributed by atoms with van der Waals surface area (Å²) in [6, 6.07) is 0. The summed E-state index contributed by atoms with van der Waals surface area (Å²) in [6.45, 7) is 0. The van der Waals surface area contributed by atoms with Crippen molar-refractivity contribution in [2.24, 2.45) is 0 Å². The molecule has 0 saturated heterocycles. The zero-order valence-corrected chi connectivity index (χ0v) is 8.99. The molecule has 0 bridgehead atoms. The zero-order valence-electron chi connectivity index (χ0n) is 2.46. The van der Waals surface area contributed by atoms with Gasteiger partial charge in [0.25, 0.3) is 0 Å². The van der Waals surface area contributed by atoms with Crippen molar-refractivity contribution in [3.8, 4) is 0 Å². The minimum absolute atomic E-state index is 0. The van der Waals surface area contributed by atoms with Crippen molar-refractivity contribution in [3.63, 3.8) is 0 Å². The van der Waals surface area contributed by atoms with Gasteiger partial charge in [0, 0.05) is 92.7 Å². The molecule has 0 unspecified atom stereocenters. The maximum atomic E-state index is 0. The molecule has 0 N–H and O–H groups in total. The van der Waals surface area contributed by atoms with Crippen LogP contribution in [0.5, 0.6) is 0 Å². The molecule has 6 heavy (non-hydrogen) atoms. The second kappa shape index (κ2) is 49.5. The van der Waals surface area contributed by atoms with E-state index in [1.807, 2.05) is 0 Å². The van der Waals surface area contributed by atoms with E-state index in [-0.39, 0.29) is 92.7 Å². The van der Waals surface area contributed by atoms with E-state index < -0.39 is 0 Å². The maximum absolute atomic E-state index is 0. The van der Waals surface area contributed by atoms with Crippen molar-refractivity contribution in [3.05, 3.63) is 0 Å². The fraction of sp³-hybridized carbons (Fsp3) is 0. The van der Waals surface area contributed by atoms with Crippen LogP contribution in [0.1, 0.15) is 0 Å². The van der Waals surface area contributed by atoms with E-state index in [1.54, 1.807) is 0 Å². The summed E-state index contributed by atoms with van der Waals surface area (Å²) >= 11 is 0. The molecule has 0 aromatic rings. The quantitative estimate of drug-likeness (QED) is 0.467. The van der Waals surface area contributed by atoms with Gasteiger partial charge in [0.05, 0.1) is 0 Å². The van der Waals surface area contributed by atoms with E-state index in [2.05, 4.69) is 0 Å². The van der Waals surface area contributed by atoms with Gasteiger partial charge in [-0.2, -0.15) is 0 Å². The van der Waals surface area contributed by atoms with Crippen molar-refractivity contribution in [2.75, 3.05) is 0 Å². The Morgan fingerprint density at radius 2 is 1.00 bits per heavy atom. The number of rotatable bonds is 0. The molecule has 6 heteroatoms. The third-order valence-electron chi connectivity index (χ3n) is 0. The molecule has 0 aliphatic carbocycles. The molecular formula is AuBCrFeNiSi. The summed E-state index contributed by atoms with van der Waals surface area (Å²) in [4.78, 5) is 0. The van der Waals surface area contributed by atoms with Gasteiger partial charge in [-0.05, 0) is 0 Å². The topological polar surface area (TPSA) is 0 Å². The Labute approximate surface area is 91.6 Å². The van der Waals surface area contributed by atoms with Crippen molar-refractivity contribution in [1.82, 2.24) is 0 Å². The second-order valence-corrected chi connectivity index (χ2v) is 0. The minimum Gasteiger partial charge on any atom is 0 e. The van der Waals surface area contributed by atoms with Gasteiger partial charge < -0.3 is 0 Å². The molecule has 0 heterocycles.